The molecule has 1 fully saturated rings. The fraction of sp³-hybridized carbons (Fsp3) is 0.185. The van der Waals surface area contributed by atoms with Crippen LogP contribution < -0.4 is 4.74 Å². The van der Waals surface area contributed by atoms with Crippen LogP contribution in [0.25, 0.3) is 11.4 Å². The van der Waals surface area contributed by atoms with Gasteiger partial charge in [-0.15, -0.1) is 0 Å². The number of likely N-dealkylation sites (tertiary alicyclic amines) is 1. The maximum atomic E-state index is 14.0. The number of imidazole rings is 1. The summed E-state index contributed by atoms with van der Waals surface area (Å²) in [5.41, 5.74) is 3.76. The predicted molar refractivity (Wildman–Crippen MR) is 129 cm³/mol. The van der Waals surface area contributed by atoms with Gasteiger partial charge in [0.1, 0.15) is 23.1 Å². The minimum absolute atomic E-state index is 0.0296. The first-order chi connectivity index (χ1) is 16.5. The highest BCUT2D eigenvalue weighted by atomic mass is 35.5. The van der Waals surface area contributed by atoms with Crippen LogP contribution >= 0.6 is 11.6 Å². The molecule has 34 heavy (non-hydrogen) atoms. The van der Waals surface area contributed by atoms with Gasteiger partial charge >= 0.3 is 0 Å². The third-order valence-corrected chi connectivity index (χ3v) is 6.32. The van der Waals surface area contributed by atoms with E-state index in [-0.39, 0.29) is 16.8 Å². The SMILES string of the molecule is Cc1cnc(-c2ccc(CN3CC(c4ccccc4)CC3=O)c(Oc3ccc(Cl)c(F)c3)c2)[nH]1. The third kappa shape index (κ3) is 4.68. The normalized spacial score (nSPS) is 15.7. The van der Waals surface area contributed by atoms with Gasteiger partial charge in [0.05, 0.1) is 5.02 Å². The highest BCUT2D eigenvalue weighted by molar-refractivity contribution is 6.30. The number of carbonyl (C=O) groups is 1. The van der Waals surface area contributed by atoms with Crippen LogP contribution in [0.2, 0.25) is 5.02 Å². The Morgan fingerprint density at radius 1 is 1.15 bits per heavy atom. The molecular formula is C27H23ClFN3O2. The lowest BCUT2D eigenvalue weighted by molar-refractivity contribution is -0.128. The van der Waals surface area contributed by atoms with Crippen LogP contribution in [0.1, 0.15) is 29.2 Å². The molecule has 2 heterocycles. The van der Waals surface area contributed by atoms with Gasteiger partial charge in [-0.1, -0.05) is 54.1 Å². The molecule has 3 aromatic carbocycles. The van der Waals surface area contributed by atoms with Gasteiger partial charge in [-0.25, -0.2) is 9.37 Å². The number of hydrogen-bond acceptors (Lipinski definition) is 3. The Labute approximate surface area is 202 Å². The first kappa shape index (κ1) is 22.2. The van der Waals surface area contributed by atoms with Gasteiger partial charge in [-0.05, 0) is 30.7 Å². The minimum atomic E-state index is -0.557. The summed E-state index contributed by atoms with van der Waals surface area (Å²) in [6.07, 6.45) is 2.23. The van der Waals surface area contributed by atoms with E-state index in [1.807, 2.05) is 48.2 Å². The van der Waals surface area contributed by atoms with E-state index in [4.69, 9.17) is 16.3 Å². The molecular weight excluding hydrogens is 453 g/mol. The van der Waals surface area contributed by atoms with Gasteiger partial charge in [-0.3, -0.25) is 4.79 Å². The van der Waals surface area contributed by atoms with Crippen molar-refractivity contribution in [3.63, 3.8) is 0 Å². The van der Waals surface area contributed by atoms with Crippen molar-refractivity contribution in [3.05, 3.63) is 101 Å². The van der Waals surface area contributed by atoms with E-state index < -0.39 is 5.82 Å². The summed E-state index contributed by atoms with van der Waals surface area (Å²) in [4.78, 5) is 22.3. The van der Waals surface area contributed by atoms with Crippen LogP contribution in [0.3, 0.4) is 0 Å². The zero-order valence-corrected chi connectivity index (χ0v) is 19.3. The largest absolute Gasteiger partial charge is 0.457 e. The van der Waals surface area contributed by atoms with Crippen LogP contribution in [0.15, 0.2) is 72.9 Å². The van der Waals surface area contributed by atoms with E-state index in [1.165, 1.54) is 12.1 Å². The summed E-state index contributed by atoms with van der Waals surface area (Å²) >= 11 is 5.83. The highest BCUT2D eigenvalue weighted by Gasteiger charge is 2.31. The topological polar surface area (TPSA) is 58.2 Å². The number of hydrogen-bond donors (Lipinski definition) is 1. The monoisotopic (exact) mass is 475 g/mol. The molecule has 0 saturated carbocycles. The molecule has 0 radical (unpaired) electrons. The molecule has 0 bridgehead atoms. The Morgan fingerprint density at radius 2 is 1.97 bits per heavy atom. The molecule has 1 saturated heterocycles. The number of amides is 1. The Balaban J connectivity index is 1.44. The molecule has 1 amide bonds. The number of aryl methyl sites for hydroxylation is 1. The molecule has 4 aromatic rings. The lowest BCUT2D eigenvalue weighted by Gasteiger charge is -2.20. The number of halogens is 2. The average molecular weight is 476 g/mol. The van der Waals surface area contributed by atoms with E-state index in [1.54, 1.807) is 12.3 Å². The maximum absolute atomic E-state index is 14.0. The molecule has 1 aliphatic heterocycles. The van der Waals surface area contributed by atoms with Crippen molar-refractivity contribution in [2.75, 3.05) is 6.54 Å². The van der Waals surface area contributed by atoms with E-state index in [0.717, 1.165) is 22.4 Å². The highest BCUT2D eigenvalue weighted by Crippen LogP contribution is 2.35. The minimum Gasteiger partial charge on any atom is -0.457 e. The van der Waals surface area contributed by atoms with Crippen LogP contribution in [-0.4, -0.2) is 27.3 Å². The number of benzene rings is 3. The summed E-state index contributed by atoms with van der Waals surface area (Å²) in [5, 5.41) is 0.0296. The molecule has 172 valence electrons. The quantitative estimate of drug-likeness (QED) is 0.347. The van der Waals surface area contributed by atoms with Crippen molar-refractivity contribution in [1.82, 2.24) is 14.9 Å². The Morgan fingerprint density at radius 3 is 2.71 bits per heavy atom. The summed E-state index contributed by atoms with van der Waals surface area (Å²) in [6.45, 7) is 2.96. The standard InChI is InChI=1S/C27H23ClFN3O2/c1-17-14-30-27(31-17)19-7-8-20(25(11-19)34-22-9-10-23(28)24(29)13-22)15-32-16-21(12-26(32)33)18-5-3-2-4-6-18/h2-11,13-14,21H,12,15-16H2,1H3,(H,30,31). The fourth-order valence-electron chi connectivity index (χ4n) is 4.23. The van der Waals surface area contributed by atoms with Crippen LogP contribution in [0, 0.1) is 12.7 Å². The van der Waals surface area contributed by atoms with E-state index >= 15 is 0 Å². The molecule has 0 aliphatic carbocycles. The van der Waals surface area contributed by atoms with E-state index in [0.29, 0.717) is 36.8 Å². The van der Waals surface area contributed by atoms with Crippen molar-refractivity contribution in [3.8, 4) is 22.9 Å². The van der Waals surface area contributed by atoms with Gasteiger partial charge < -0.3 is 14.6 Å². The second-order valence-corrected chi connectivity index (χ2v) is 8.91. The van der Waals surface area contributed by atoms with Gasteiger partial charge in [0.15, 0.2) is 0 Å². The molecule has 1 atom stereocenters. The smallest absolute Gasteiger partial charge is 0.223 e. The predicted octanol–water partition coefficient (Wildman–Crippen LogP) is 6.49. The first-order valence-corrected chi connectivity index (χ1v) is 11.4. The number of aromatic amines is 1. The van der Waals surface area contributed by atoms with Crippen LogP contribution in [-0.2, 0) is 11.3 Å². The van der Waals surface area contributed by atoms with E-state index in [2.05, 4.69) is 22.1 Å². The molecule has 1 aliphatic rings. The summed E-state index contributed by atoms with van der Waals surface area (Å²) in [5.74, 6) is 1.27. The van der Waals surface area contributed by atoms with Crippen molar-refractivity contribution in [1.29, 1.82) is 0 Å². The van der Waals surface area contributed by atoms with Crippen LogP contribution in [0.4, 0.5) is 4.39 Å². The lowest BCUT2D eigenvalue weighted by Crippen LogP contribution is -2.24. The van der Waals surface area contributed by atoms with E-state index in [9.17, 15) is 9.18 Å². The summed E-state index contributed by atoms with van der Waals surface area (Å²) in [7, 11) is 0. The molecule has 1 aromatic heterocycles. The number of ether oxygens (including phenoxy) is 1. The maximum Gasteiger partial charge on any atom is 0.223 e. The second kappa shape index (κ2) is 9.31. The van der Waals surface area contributed by atoms with Crippen molar-refractivity contribution in [2.45, 2.75) is 25.8 Å². The summed E-state index contributed by atoms with van der Waals surface area (Å²) in [6, 6.07) is 20.1. The lowest BCUT2D eigenvalue weighted by atomic mass is 9.98. The van der Waals surface area contributed by atoms with Gasteiger partial charge in [-0.2, -0.15) is 0 Å². The van der Waals surface area contributed by atoms with Crippen molar-refractivity contribution >= 4 is 17.5 Å². The Hall–Kier alpha value is -3.64. The third-order valence-electron chi connectivity index (χ3n) is 6.01. The number of H-pyrrole nitrogens is 1. The van der Waals surface area contributed by atoms with Gasteiger partial charge in [0, 0.05) is 54.5 Å². The molecule has 5 rings (SSSR count). The molecule has 0 spiro atoms. The number of aromatic nitrogens is 2. The molecule has 5 nitrogen and oxygen atoms in total. The number of nitrogens with zero attached hydrogens (tertiary/aromatic N) is 2. The van der Waals surface area contributed by atoms with Crippen molar-refractivity contribution < 1.29 is 13.9 Å². The zero-order valence-electron chi connectivity index (χ0n) is 18.6. The number of carbonyl (C=O) groups excluding carboxylic acids is 1. The number of rotatable bonds is 6. The van der Waals surface area contributed by atoms with Gasteiger partial charge in [0.2, 0.25) is 5.91 Å². The Kier molecular flexibility index (Phi) is 6.07. The fourth-order valence-corrected chi connectivity index (χ4v) is 4.35. The van der Waals surface area contributed by atoms with Crippen LogP contribution in [0.5, 0.6) is 11.5 Å². The molecule has 7 heteroatoms. The Bertz CT molecular complexity index is 1340. The molecule has 1 N–H and O–H groups in total. The summed E-state index contributed by atoms with van der Waals surface area (Å²) < 4.78 is 20.1. The zero-order chi connectivity index (χ0) is 23.7. The average Bonchev–Trinajstić information content (AvgIpc) is 3.43. The first-order valence-electron chi connectivity index (χ1n) is 11.1. The molecule has 1 unspecified atom stereocenters. The van der Waals surface area contributed by atoms with Gasteiger partial charge in [0.25, 0.3) is 0 Å². The van der Waals surface area contributed by atoms with Crippen molar-refractivity contribution in [2.24, 2.45) is 0 Å². The number of nitrogens with one attached hydrogen (secondary N) is 1. The second-order valence-electron chi connectivity index (χ2n) is 8.50.